The molecule has 3 rings (SSSR count). The summed E-state index contributed by atoms with van der Waals surface area (Å²) < 4.78 is 10.7. The first-order valence-electron chi connectivity index (χ1n) is 7.99. The van der Waals surface area contributed by atoms with Gasteiger partial charge in [-0.15, -0.1) is 0 Å². The zero-order valence-electron chi connectivity index (χ0n) is 14.6. The molecule has 9 heteroatoms. The lowest BCUT2D eigenvalue weighted by Gasteiger charge is -2.02. The second kappa shape index (κ2) is 8.36. The first kappa shape index (κ1) is 19.1. The van der Waals surface area contributed by atoms with Gasteiger partial charge in [-0.2, -0.15) is 5.10 Å². The smallest absolute Gasteiger partial charge is 0.271 e. The van der Waals surface area contributed by atoms with Crippen molar-refractivity contribution in [3.8, 4) is 17.1 Å². The summed E-state index contributed by atoms with van der Waals surface area (Å²) >= 11 is 6.09. The van der Waals surface area contributed by atoms with Crippen LogP contribution in [0, 0.1) is 10.1 Å². The van der Waals surface area contributed by atoms with Crippen LogP contribution < -0.4 is 10.2 Å². The van der Waals surface area contributed by atoms with E-state index in [1.54, 1.807) is 36.4 Å². The minimum atomic E-state index is -0.527. The first-order valence-corrected chi connectivity index (χ1v) is 8.37. The van der Waals surface area contributed by atoms with Crippen LogP contribution in [0.15, 0.2) is 64.1 Å². The molecule has 0 saturated heterocycles. The fourth-order valence-corrected chi connectivity index (χ4v) is 2.64. The van der Waals surface area contributed by atoms with E-state index in [9.17, 15) is 14.9 Å². The summed E-state index contributed by atoms with van der Waals surface area (Å²) in [6, 6.07) is 14.0. The number of ether oxygens (including phenoxy) is 1. The topological polar surface area (TPSA) is 107 Å². The number of nitro groups is 1. The van der Waals surface area contributed by atoms with Crippen LogP contribution in [0.5, 0.6) is 5.75 Å². The van der Waals surface area contributed by atoms with E-state index in [4.69, 9.17) is 20.8 Å². The summed E-state index contributed by atoms with van der Waals surface area (Å²) in [5, 5.41) is 14.8. The molecule has 0 bridgehead atoms. The molecule has 1 heterocycles. The van der Waals surface area contributed by atoms with Gasteiger partial charge in [-0.1, -0.05) is 17.7 Å². The molecule has 1 amide bonds. The summed E-state index contributed by atoms with van der Waals surface area (Å²) in [6.45, 7) is 0. The van der Waals surface area contributed by atoms with E-state index in [2.05, 4.69) is 10.5 Å². The van der Waals surface area contributed by atoms with Gasteiger partial charge in [-0.25, -0.2) is 5.43 Å². The molecular formula is C19H14ClN3O5. The Morgan fingerprint density at radius 2 is 2.07 bits per heavy atom. The average Bonchev–Trinajstić information content (AvgIpc) is 3.16. The molecule has 0 saturated carbocycles. The fraction of sp³-hybridized carbons (Fsp3) is 0.0526. The molecule has 0 aliphatic rings. The number of nitrogens with one attached hydrogen (secondary N) is 1. The fourth-order valence-electron chi connectivity index (χ4n) is 2.37. The van der Waals surface area contributed by atoms with Crippen molar-refractivity contribution >= 4 is 29.4 Å². The van der Waals surface area contributed by atoms with Gasteiger partial charge in [0.25, 0.3) is 11.6 Å². The number of carbonyl (C=O) groups excluding carboxylic acids is 1. The quantitative estimate of drug-likeness (QED) is 0.378. The standard InChI is InChI=1S/C19H14ClN3O5/c1-27-14-4-2-3-12(9-14)19(24)22-21-11-15-6-8-18(28-15)16-7-5-13(23(25)26)10-17(16)20/h2-11H,1H3,(H,22,24)/b21-11-. The number of methoxy groups -OCH3 is 1. The lowest BCUT2D eigenvalue weighted by atomic mass is 10.1. The number of benzene rings is 2. The van der Waals surface area contributed by atoms with E-state index < -0.39 is 10.8 Å². The molecule has 3 aromatic rings. The molecule has 0 atom stereocenters. The van der Waals surface area contributed by atoms with Crippen LogP contribution in [0.4, 0.5) is 5.69 Å². The average molecular weight is 400 g/mol. The summed E-state index contributed by atoms with van der Waals surface area (Å²) in [4.78, 5) is 22.3. The van der Waals surface area contributed by atoms with Crippen molar-refractivity contribution in [2.24, 2.45) is 5.10 Å². The molecule has 0 fully saturated rings. The molecule has 1 N–H and O–H groups in total. The minimum absolute atomic E-state index is 0.109. The van der Waals surface area contributed by atoms with Crippen molar-refractivity contribution < 1.29 is 18.9 Å². The molecule has 28 heavy (non-hydrogen) atoms. The Morgan fingerprint density at radius 1 is 1.25 bits per heavy atom. The van der Waals surface area contributed by atoms with Gasteiger partial charge >= 0.3 is 0 Å². The van der Waals surface area contributed by atoms with Crippen LogP contribution in [0.2, 0.25) is 5.02 Å². The third-order valence-corrected chi connectivity index (χ3v) is 4.06. The van der Waals surface area contributed by atoms with Crippen molar-refractivity contribution in [3.05, 3.63) is 81.1 Å². The van der Waals surface area contributed by atoms with Crippen LogP contribution in [0.3, 0.4) is 0 Å². The van der Waals surface area contributed by atoms with Crippen molar-refractivity contribution in [3.63, 3.8) is 0 Å². The van der Waals surface area contributed by atoms with Gasteiger partial charge < -0.3 is 9.15 Å². The van der Waals surface area contributed by atoms with Gasteiger partial charge in [0, 0.05) is 23.3 Å². The maximum atomic E-state index is 12.1. The number of nitrogens with zero attached hydrogens (tertiary/aromatic N) is 2. The van der Waals surface area contributed by atoms with Crippen LogP contribution in [0.25, 0.3) is 11.3 Å². The monoisotopic (exact) mass is 399 g/mol. The Labute approximate surface area is 164 Å². The van der Waals surface area contributed by atoms with Crippen LogP contribution in [0.1, 0.15) is 16.1 Å². The maximum absolute atomic E-state index is 12.1. The molecule has 0 unspecified atom stereocenters. The number of halogens is 1. The normalized spacial score (nSPS) is 10.8. The van der Waals surface area contributed by atoms with Gasteiger partial charge in [0.05, 0.1) is 23.3 Å². The highest BCUT2D eigenvalue weighted by Crippen LogP contribution is 2.32. The summed E-state index contributed by atoms with van der Waals surface area (Å²) in [6.07, 6.45) is 1.33. The third kappa shape index (κ3) is 4.36. The molecule has 0 aliphatic carbocycles. The van der Waals surface area contributed by atoms with Gasteiger partial charge in [-0.05, 0) is 36.4 Å². The number of non-ortho nitro benzene ring substituents is 1. The number of hydrogen-bond donors (Lipinski definition) is 1. The van der Waals surface area contributed by atoms with Crippen molar-refractivity contribution in [1.82, 2.24) is 5.43 Å². The molecule has 0 spiro atoms. The highest BCUT2D eigenvalue weighted by Gasteiger charge is 2.13. The van der Waals surface area contributed by atoms with E-state index >= 15 is 0 Å². The number of carbonyl (C=O) groups is 1. The predicted molar refractivity (Wildman–Crippen MR) is 104 cm³/mol. The van der Waals surface area contributed by atoms with Crippen molar-refractivity contribution in [2.45, 2.75) is 0 Å². The second-order valence-electron chi connectivity index (χ2n) is 5.55. The molecule has 0 radical (unpaired) electrons. The van der Waals surface area contributed by atoms with Gasteiger partial charge in [0.2, 0.25) is 0 Å². The van der Waals surface area contributed by atoms with Gasteiger partial charge in [0.1, 0.15) is 17.3 Å². The second-order valence-corrected chi connectivity index (χ2v) is 5.96. The summed E-state index contributed by atoms with van der Waals surface area (Å²) in [5.41, 5.74) is 3.19. The largest absolute Gasteiger partial charge is 0.497 e. The van der Waals surface area contributed by atoms with E-state index in [1.807, 2.05) is 0 Å². The summed E-state index contributed by atoms with van der Waals surface area (Å²) in [7, 11) is 1.51. The van der Waals surface area contributed by atoms with Gasteiger partial charge in [-0.3, -0.25) is 14.9 Å². The summed E-state index contributed by atoms with van der Waals surface area (Å²) in [5.74, 6) is 0.948. The number of hydrazone groups is 1. The molecule has 2 aromatic carbocycles. The number of hydrogen-bond acceptors (Lipinski definition) is 6. The van der Waals surface area contributed by atoms with E-state index in [0.717, 1.165) is 0 Å². The van der Waals surface area contributed by atoms with Crippen LogP contribution >= 0.6 is 11.6 Å². The zero-order chi connectivity index (χ0) is 20.1. The Kier molecular flexibility index (Phi) is 5.71. The minimum Gasteiger partial charge on any atom is -0.497 e. The Balaban J connectivity index is 1.69. The van der Waals surface area contributed by atoms with Crippen molar-refractivity contribution in [2.75, 3.05) is 7.11 Å². The molecule has 0 aliphatic heterocycles. The number of furan rings is 1. The zero-order valence-corrected chi connectivity index (χ0v) is 15.3. The SMILES string of the molecule is COc1cccc(C(=O)N/N=C\c2ccc(-c3ccc([N+](=O)[O-])cc3Cl)o2)c1. The molecular weight excluding hydrogens is 386 g/mol. The number of amides is 1. The van der Waals surface area contributed by atoms with Crippen LogP contribution in [-0.4, -0.2) is 24.2 Å². The molecule has 142 valence electrons. The Hall–Kier alpha value is -3.65. The van der Waals surface area contributed by atoms with Crippen LogP contribution in [-0.2, 0) is 0 Å². The number of rotatable bonds is 6. The van der Waals surface area contributed by atoms with E-state index in [1.165, 1.54) is 31.5 Å². The highest BCUT2D eigenvalue weighted by atomic mass is 35.5. The predicted octanol–water partition coefficient (Wildman–Crippen LogP) is 4.28. The van der Waals surface area contributed by atoms with E-state index in [0.29, 0.717) is 28.4 Å². The Morgan fingerprint density at radius 3 is 2.79 bits per heavy atom. The molecule has 1 aromatic heterocycles. The highest BCUT2D eigenvalue weighted by molar-refractivity contribution is 6.33. The number of nitro benzene ring substituents is 1. The Bertz CT molecular complexity index is 1060. The molecule has 8 nitrogen and oxygen atoms in total. The van der Waals surface area contributed by atoms with Crippen molar-refractivity contribution in [1.29, 1.82) is 0 Å². The third-order valence-electron chi connectivity index (χ3n) is 3.75. The van der Waals surface area contributed by atoms with E-state index in [-0.39, 0.29) is 10.7 Å². The lowest BCUT2D eigenvalue weighted by Crippen LogP contribution is -2.17. The lowest BCUT2D eigenvalue weighted by molar-refractivity contribution is -0.384. The maximum Gasteiger partial charge on any atom is 0.271 e. The first-order chi connectivity index (χ1) is 13.5. The van der Waals surface area contributed by atoms with Gasteiger partial charge in [0.15, 0.2) is 0 Å².